The van der Waals surface area contributed by atoms with Gasteiger partial charge in [-0.15, -0.1) is 0 Å². The van der Waals surface area contributed by atoms with E-state index in [0.717, 1.165) is 24.4 Å². The molecule has 1 saturated heterocycles. The van der Waals surface area contributed by atoms with Gasteiger partial charge in [-0.05, 0) is 29.5 Å². The number of ether oxygens (including phenoxy) is 1. The Bertz CT molecular complexity index is 503. The Balaban J connectivity index is 2.00. The maximum atomic E-state index is 11.4. The van der Waals surface area contributed by atoms with Crippen LogP contribution in [0.25, 0.3) is 0 Å². The predicted molar refractivity (Wildman–Crippen MR) is 83.8 cm³/mol. The molecule has 1 fully saturated rings. The summed E-state index contributed by atoms with van der Waals surface area (Å²) in [5.41, 5.74) is 1.10. The lowest BCUT2D eigenvalue weighted by atomic mass is 9.86. The number of hydrogen-bond donors (Lipinski definition) is 2. The summed E-state index contributed by atoms with van der Waals surface area (Å²) in [6.45, 7) is 6.59. The molecule has 1 aliphatic rings. The lowest BCUT2D eigenvalue weighted by Crippen LogP contribution is -2.25. The molecule has 0 unspecified atom stereocenters. The highest BCUT2D eigenvalue weighted by atomic mass is 16.5. The van der Waals surface area contributed by atoms with Crippen LogP contribution < -0.4 is 4.74 Å². The van der Waals surface area contributed by atoms with Crippen molar-refractivity contribution in [2.24, 2.45) is 17.8 Å². The number of carboxylic acid groups (broad SMARTS) is 1. The van der Waals surface area contributed by atoms with Gasteiger partial charge in [0.1, 0.15) is 12.4 Å². The van der Waals surface area contributed by atoms with E-state index in [1.165, 1.54) is 0 Å². The Morgan fingerprint density at radius 2 is 2.18 bits per heavy atom. The number of aliphatic hydroxyl groups is 1. The summed E-state index contributed by atoms with van der Waals surface area (Å²) >= 11 is 0. The smallest absolute Gasteiger partial charge is 0.308 e. The zero-order valence-electron chi connectivity index (χ0n) is 13.2. The lowest BCUT2D eigenvalue weighted by Gasteiger charge is -2.19. The average Bonchev–Trinajstić information content (AvgIpc) is 2.90. The molecule has 122 valence electrons. The van der Waals surface area contributed by atoms with E-state index in [0.29, 0.717) is 12.5 Å². The van der Waals surface area contributed by atoms with Crippen LogP contribution in [0.5, 0.6) is 5.75 Å². The zero-order chi connectivity index (χ0) is 16.1. The third-order valence-electron chi connectivity index (χ3n) is 4.28. The van der Waals surface area contributed by atoms with Crippen LogP contribution in [0.3, 0.4) is 0 Å². The fraction of sp³-hybridized carbons (Fsp3) is 0.588. The topological polar surface area (TPSA) is 70.0 Å². The second-order valence-corrected chi connectivity index (χ2v) is 6.27. The Labute approximate surface area is 131 Å². The van der Waals surface area contributed by atoms with Gasteiger partial charge in [0.25, 0.3) is 0 Å². The van der Waals surface area contributed by atoms with Crippen molar-refractivity contribution in [3.05, 3.63) is 29.8 Å². The number of carboxylic acids is 1. The summed E-state index contributed by atoms with van der Waals surface area (Å²) in [5, 5.41) is 18.2. The van der Waals surface area contributed by atoms with E-state index in [2.05, 4.69) is 18.7 Å². The van der Waals surface area contributed by atoms with Crippen molar-refractivity contribution in [2.45, 2.75) is 20.4 Å². The van der Waals surface area contributed by atoms with Gasteiger partial charge in [0.05, 0.1) is 12.5 Å². The molecule has 0 saturated carbocycles. The number of hydrogen-bond acceptors (Lipinski definition) is 4. The molecule has 1 aromatic rings. The summed E-state index contributed by atoms with van der Waals surface area (Å²) < 4.78 is 5.42. The van der Waals surface area contributed by atoms with Crippen LogP contribution in [-0.4, -0.2) is 47.4 Å². The van der Waals surface area contributed by atoms with E-state index in [9.17, 15) is 9.90 Å². The van der Waals surface area contributed by atoms with E-state index < -0.39 is 5.97 Å². The second kappa shape index (κ2) is 7.61. The van der Waals surface area contributed by atoms with Crippen LogP contribution in [0.4, 0.5) is 0 Å². The van der Waals surface area contributed by atoms with Gasteiger partial charge in [-0.2, -0.15) is 0 Å². The van der Waals surface area contributed by atoms with E-state index in [1.807, 2.05) is 24.3 Å². The quantitative estimate of drug-likeness (QED) is 0.804. The summed E-state index contributed by atoms with van der Waals surface area (Å²) in [7, 11) is 0. The molecule has 22 heavy (non-hydrogen) atoms. The molecule has 5 nitrogen and oxygen atoms in total. The third-order valence-corrected chi connectivity index (χ3v) is 4.28. The number of benzene rings is 1. The second-order valence-electron chi connectivity index (χ2n) is 6.27. The third kappa shape index (κ3) is 4.21. The number of aliphatic carboxylic acids is 1. The first-order valence-corrected chi connectivity index (χ1v) is 7.79. The predicted octanol–water partition coefficient (Wildman–Crippen LogP) is 1.85. The van der Waals surface area contributed by atoms with Gasteiger partial charge in [-0.3, -0.25) is 9.69 Å². The fourth-order valence-electron chi connectivity index (χ4n) is 3.13. The van der Waals surface area contributed by atoms with Crippen LogP contribution in [0.15, 0.2) is 24.3 Å². The van der Waals surface area contributed by atoms with E-state index in [-0.39, 0.29) is 25.0 Å². The summed E-state index contributed by atoms with van der Waals surface area (Å²) in [4.78, 5) is 13.6. The van der Waals surface area contributed by atoms with Gasteiger partial charge < -0.3 is 14.9 Å². The molecular formula is C17H25NO4. The summed E-state index contributed by atoms with van der Waals surface area (Å²) in [6, 6.07) is 7.76. The molecule has 0 spiro atoms. The van der Waals surface area contributed by atoms with Crippen molar-refractivity contribution in [3.63, 3.8) is 0 Å². The molecule has 1 aliphatic heterocycles. The first-order valence-electron chi connectivity index (χ1n) is 7.79. The van der Waals surface area contributed by atoms with Crippen LogP contribution >= 0.6 is 0 Å². The number of rotatable bonds is 7. The van der Waals surface area contributed by atoms with E-state index in [1.54, 1.807) is 0 Å². The molecule has 2 rings (SSSR count). The number of nitrogens with zero attached hydrogens (tertiary/aromatic N) is 1. The maximum absolute atomic E-state index is 11.4. The molecule has 0 aliphatic carbocycles. The largest absolute Gasteiger partial charge is 0.491 e. The molecule has 0 bridgehead atoms. The average molecular weight is 307 g/mol. The van der Waals surface area contributed by atoms with Crippen LogP contribution in [0.1, 0.15) is 19.4 Å². The van der Waals surface area contributed by atoms with Crippen molar-refractivity contribution in [1.82, 2.24) is 4.90 Å². The van der Waals surface area contributed by atoms with Crippen LogP contribution in [0.2, 0.25) is 0 Å². The Kier molecular flexibility index (Phi) is 5.80. The van der Waals surface area contributed by atoms with Crippen LogP contribution in [-0.2, 0) is 11.3 Å². The van der Waals surface area contributed by atoms with E-state index in [4.69, 9.17) is 9.84 Å². The van der Waals surface area contributed by atoms with Crippen LogP contribution in [0, 0.1) is 17.8 Å². The van der Waals surface area contributed by atoms with Gasteiger partial charge in [0, 0.05) is 19.6 Å². The first kappa shape index (κ1) is 16.8. The molecule has 5 heteroatoms. The number of carbonyl (C=O) groups is 1. The molecule has 0 aromatic heterocycles. The van der Waals surface area contributed by atoms with Crippen molar-refractivity contribution in [1.29, 1.82) is 0 Å². The monoisotopic (exact) mass is 307 g/mol. The highest BCUT2D eigenvalue weighted by Gasteiger charge is 2.38. The van der Waals surface area contributed by atoms with Gasteiger partial charge in [0.15, 0.2) is 0 Å². The van der Waals surface area contributed by atoms with Crippen molar-refractivity contribution < 1.29 is 19.7 Å². The van der Waals surface area contributed by atoms with Crippen molar-refractivity contribution in [3.8, 4) is 5.75 Å². The van der Waals surface area contributed by atoms with Gasteiger partial charge in [0.2, 0.25) is 0 Å². The number of aliphatic hydroxyl groups excluding tert-OH is 1. The zero-order valence-corrected chi connectivity index (χ0v) is 13.2. The minimum atomic E-state index is -0.693. The van der Waals surface area contributed by atoms with Gasteiger partial charge in [-0.25, -0.2) is 0 Å². The van der Waals surface area contributed by atoms with Crippen molar-refractivity contribution in [2.75, 3.05) is 26.3 Å². The minimum Gasteiger partial charge on any atom is -0.491 e. The maximum Gasteiger partial charge on any atom is 0.308 e. The lowest BCUT2D eigenvalue weighted by molar-refractivity contribution is -0.143. The van der Waals surface area contributed by atoms with Gasteiger partial charge in [-0.1, -0.05) is 26.0 Å². The SMILES string of the molecule is CC(C)[C@@H]1CN(Cc2cccc(OCCO)c2)C[C@H]1C(=O)O. The molecule has 0 radical (unpaired) electrons. The normalized spacial score (nSPS) is 22.2. The standard InChI is InChI=1S/C17H25NO4/c1-12(2)15-10-18(11-16(15)17(20)21)9-13-4-3-5-14(8-13)22-7-6-19/h3-5,8,12,15-16,19H,6-7,9-11H2,1-2H3,(H,20,21)/t15-,16+/m0/s1. The minimum absolute atomic E-state index is 0.00723. The molecule has 2 atom stereocenters. The highest BCUT2D eigenvalue weighted by molar-refractivity contribution is 5.71. The Morgan fingerprint density at radius 1 is 1.41 bits per heavy atom. The molecule has 2 N–H and O–H groups in total. The van der Waals surface area contributed by atoms with E-state index >= 15 is 0 Å². The summed E-state index contributed by atoms with van der Waals surface area (Å²) in [5.74, 6) is 0.327. The number of likely N-dealkylation sites (tertiary alicyclic amines) is 1. The Hall–Kier alpha value is -1.59. The summed E-state index contributed by atoms with van der Waals surface area (Å²) in [6.07, 6.45) is 0. The fourth-order valence-corrected chi connectivity index (χ4v) is 3.13. The Morgan fingerprint density at radius 3 is 2.77 bits per heavy atom. The highest BCUT2D eigenvalue weighted by Crippen LogP contribution is 2.31. The first-order chi connectivity index (χ1) is 10.5. The van der Waals surface area contributed by atoms with Gasteiger partial charge >= 0.3 is 5.97 Å². The molecule has 1 aromatic carbocycles. The molecular weight excluding hydrogens is 282 g/mol. The molecule has 0 amide bonds. The molecule has 1 heterocycles. The van der Waals surface area contributed by atoms with Crippen molar-refractivity contribution >= 4 is 5.97 Å².